The molecule has 1 aromatic rings. The molecule has 0 heterocycles. The van der Waals surface area contributed by atoms with Crippen molar-refractivity contribution in [3.8, 4) is 0 Å². The standard InChI is InChI=1S/C11H17NO2/c1-11(2,3)8-9-4-6-10(7-5-9)12(13)14/h4-7,13-14H,8H2,1-3H3. The SMILES string of the molecule is CC(C)(C)Cc1ccc(N(O)O)cc1. The molecule has 14 heavy (non-hydrogen) atoms. The van der Waals surface area contributed by atoms with Crippen molar-refractivity contribution in [1.29, 1.82) is 0 Å². The van der Waals surface area contributed by atoms with Gasteiger partial charge in [-0.1, -0.05) is 32.9 Å². The molecule has 0 saturated heterocycles. The summed E-state index contributed by atoms with van der Waals surface area (Å²) in [5.41, 5.74) is 1.82. The van der Waals surface area contributed by atoms with Gasteiger partial charge in [0.2, 0.25) is 0 Å². The predicted molar refractivity (Wildman–Crippen MR) is 55.7 cm³/mol. The normalized spacial score (nSPS) is 11.5. The van der Waals surface area contributed by atoms with Gasteiger partial charge in [-0.25, -0.2) is 0 Å². The van der Waals surface area contributed by atoms with Crippen molar-refractivity contribution in [2.24, 2.45) is 5.41 Å². The maximum Gasteiger partial charge on any atom is 0.0942 e. The summed E-state index contributed by atoms with van der Waals surface area (Å²) in [6, 6.07) is 7.17. The molecule has 0 saturated carbocycles. The van der Waals surface area contributed by atoms with Gasteiger partial charge in [-0.15, -0.1) is 5.23 Å². The lowest BCUT2D eigenvalue weighted by atomic mass is 9.88. The van der Waals surface area contributed by atoms with Gasteiger partial charge in [-0.3, -0.25) is 10.4 Å². The van der Waals surface area contributed by atoms with Crippen molar-refractivity contribution in [2.45, 2.75) is 27.2 Å². The van der Waals surface area contributed by atoms with Crippen LogP contribution in [0.4, 0.5) is 5.69 Å². The molecule has 0 bridgehead atoms. The molecule has 1 rings (SSSR count). The Kier molecular flexibility index (Phi) is 3.13. The molecule has 0 radical (unpaired) electrons. The molecule has 0 unspecified atom stereocenters. The Hall–Kier alpha value is -1.06. The largest absolute Gasteiger partial charge is 0.264 e. The third kappa shape index (κ3) is 3.36. The highest BCUT2D eigenvalue weighted by Crippen LogP contribution is 2.21. The first kappa shape index (κ1) is 11.0. The van der Waals surface area contributed by atoms with Gasteiger partial charge in [0.15, 0.2) is 0 Å². The van der Waals surface area contributed by atoms with E-state index in [2.05, 4.69) is 20.8 Å². The van der Waals surface area contributed by atoms with Gasteiger partial charge in [0.25, 0.3) is 0 Å². The molecule has 0 atom stereocenters. The Labute approximate surface area is 84.5 Å². The Morgan fingerprint density at radius 1 is 1.07 bits per heavy atom. The van der Waals surface area contributed by atoms with Crippen LogP contribution >= 0.6 is 0 Å². The van der Waals surface area contributed by atoms with Crippen molar-refractivity contribution in [1.82, 2.24) is 0 Å². The molecular weight excluding hydrogens is 178 g/mol. The smallest absolute Gasteiger partial charge is 0.0942 e. The monoisotopic (exact) mass is 195 g/mol. The second-order valence-electron chi connectivity index (χ2n) is 4.69. The van der Waals surface area contributed by atoms with Crippen molar-refractivity contribution in [3.05, 3.63) is 29.8 Å². The lowest BCUT2D eigenvalue weighted by Crippen LogP contribution is -2.12. The number of hydrogen-bond acceptors (Lipinski definition) is 3. The Bertz CT molecular complexity index is 285. The van der Waals surface area contributed by atoms with E-state index in [4.69, 9.17) is 10.4 Å². The first-order valence-corrected chi connectivity index (χ1v) is 4.65. The lowest BCUT2D eigenvalue weighted by molar-refractivity contribution is 0.0291. The number of anilines is 1. The van der Waals surface area contributed by atoms with Gasteiger partial charge in [-0.2, -0.15) is 0 Å². The average Bonchev–Trinajstić information content (AvgIpc) is 2.02. The van der Waals surface area contributed by atoms with Gasteiger partial charge in [-0.05, 0) is 29.5 Å². The van der Waals surface area contributed by atoms with E-state index in [0.717, 1.165) is 6.42 Å². The van der Waals surface area contributed by atoms with Crippen LogP contribution in [0.25, 0.3) is 0 Å². The Morgan fingerprint density at radius 2 is 1.57 bits per heavy atom. The fraction of sp³-hybridized carbons (Fsp3) is 0.455. The van der Waals surface area contributed by atoms with E-state index in [1.807, 2.05) is 12.1 Å². The van der Waals surface area contributed by atoms with Gasteiger partial charge in [0.05, 0.1) is 5.69 Å². The molecule has 78 valence electrons. The van der Waals surface area contributed by atoms with Crippen LogP contribution in [0.15, 0.2) is 24.3 Å². The molecule has 0 aliphatic rings. The molecule has 3 nitrogen and oxygen atoms in total. The van der Waals surface area contributed by atoms with Gasteiger partial charge < -0.3 is 0 Å². The Morgan fingerprint density at radius 3 is 1.93 bits per heavy atom. The molecule has 0 amide bonds. The number of benzene rings is 1. The van der Waals surface area contributed by atoms with Gasteiger partial charge in [0, 0.05) is 0 Å². The zero-order chi connectivity index (χ0) is 10.8. The number of rotatable bonds is 2. The third-order valence-corrected chi connectivity index (χ3v) is 1.90. The molecule has 0 aliphatic heterocycles. The van der Waals surface area contributed by atoms with E-state index in [-0.39, 0.29) is 10.6 Å². The highest BCUT2D eigenvalue weighted by Gasteiger charge is 2.11. The van der Waals surface area contributed by atoms with E-state index >= 15 is 0 Å². The first-order chi connectivity index (χ1) is 6.38. The molecular formula is C11H17NO2. The second kappa shape index (κ2) is 3.98. The van der Waals surface area contributed by atoms with Crippen LogP contribution < -0.4 is 5.23 Å². The maximum absolute atomic E-state index is 8.74. The van der Waals surface area contributed by atoms with E-state index < -0.39 is 0 Å². The number of nitrogens with zero attached hydrogens (tertiary/aromatic N) is 1. The molecule has 3 heteroatoms. The van der Waals surface area contributed by atoms with Crippen LogP contribution in [-0.4, -0.2) is 10.4 Å². The lowest BCUT2D eigenvalue weighted by Gasteiger charge is -2.18. The molecule has 0 aromatic heterocycles. The minimum atomic E-state index is 0.126. The minimum absolute atomic E-state index is 0.126. The van der Waals surface area contributed by atoms with E-state index in [1.54, 1.807) is 12.1 Å². The Balaban J connectivity index is 2.74. The fourth-order valence-electron chi connectivity index (χ4n) is 1.36. The summed E-state index contributed by atoms with van der Waals surface area (Å²) in [6.45, 7) is 6.52. The highest BCUT2D eigenvalue weighted by atomic mass is 16.8. The quantitative estimate of drug-likeness (QED) is 0.713. The molecule has 0 fully saturated rings. The molecule has 0 spiro atoms. The van der Waals surface area contributed by atoms with Crippen LogP contribution in [0.2, 0.25) is 0 Å². The van der Waals surface area contributed by atoms with E-state index in [9.17, 15) is 0 Å². The van der Waals surface area contributed by atoms with Gasteiger partial charge in [0.1, 0.15) is 0 Å². The summed E-state index contributed by atoms with van der Waals surface area (Å²) < 4.78 is 0. The first-order valence-electron chi connectivity index (χ1n) is 4.65. The molecule has 2 N–H and O–H groups in total. The van der Waals surface area contributed by atoms with Crippen molar-refractivity contribution in [3.63, 3.8) is 0 Å². The summed E-state index contributed by atoms with van der Waals surface area (Å²) in [4.78, 5) is 0. The molecule has 0 aliphatic carbocycles. The number of hydrogen-bond donors (Lipinski definition) is 2. The van der Waals surface area contributed by atoms with Gasteiger partial charge >= 0.3 is 0 Å². The van der Waals surface area contributed by atoms with Crippen molar-refractivity contribution in [2.75, 3.05) is 5.23 Å². The third-order valence-electron chi connectivity index (χ3n) is 1.90. The average molecular weight is 195 g/mol. The van der Waals surface area contributed by atoms with Crippen molar-refractivity contribution >= 4 is 5.69 Å². The second-order valence-corrected chi connectivity index (χ2v) is 4.69. The van der Waals surface area contributed by atoms with Crippen LogP contribution in [0.3, 0.4) is 0 Å². The van der Waals surface area contributed by atoms with Crippen LogP contribution in [0.5, 0.6) is 0 Å². The summed E-state index contributed by atoms with van der Waals surface area (Å²) >= 11 is 0. The topological polar surface area (TPSA) is 43.7 Å². The zero-order valence-electron chi connectivity index (χ0n) is 8.86. The minimum Gasteiger partial charge on any atom is -0.264 e. The predicted octanol–water partition coefficient (Wildman–Crippen LogP) is 2.86. The van der Waals surface area contributed by atoms with Crippen molar-refractivity contribution < 1.29 is 10.4 Å². The summed E-state index contributed by atoms with van der Waals surface area (Å²) in [5.74, 6) is 0. The summed E-state index contributed by atoms with van der Waals surface area (Å²) in [5, 5.41) is 17.6. The highest BCUT2D eigenvalue weighted by molar-refractivity contribution is 5.42. The fourth-order valence-corrected chi connectivity index (χ4v) is 1.36. The van der Waals surface area contributed by atoms with Crippen LogP contribution in [0.1, 0.15) is 26.3 Å². The van der Waals surface area contributed by atoms with E-state index in [1.165, 1.54) is 5.56 Å². The maximum atomic E-state index is 8.74. The summed E-state index contributed by atoms with van der Waals surface area (Å²) in [6.07, 6.45) is 0.976. The van der Waals surface area contributed by atoms with Crippen LogP contribution in [-0.2, 0) is 6.42 Å². The zero-order valence-corrected chi connectivity index (χ0v) is 8.86. The van der Waals surface area contributed by atoms with Crippen LogP contribution in [0, 0.1) is 5.41 Å². The van der Waals surface area contributed by atoms with E-state index in [0.29, 0.717) is 5.69 Å². The summed E-state index contributed by atoms with van der Waals surface area (Å²) in [7, 11) is 0. The molecule has 1 aromatic carbocycles.